The Morgan fingerprint density at radius 1 is 1.37 bits per heavy atom. The molecule has 11 heteroatoms. The van der Waals surface area contributed by atoms with Crippen LogP contribution in [0.25, 0.3) is 9.93 Å². The standard InChI is InChI=1S/C19H22N5O2S4/c1-5-7-24-15(26)13(30-19(24)20-18-22(4)9-11-28-18)17-23(6-2)14(25)12(29-17)16-21(3)8-10-27-16/h5,9,11H,1,6-8,10H2,2-4H3/q+1. The normalized spacial score (nSPS) is 22.0. The van der Waals surface area contributed by atoms with E-state index < -0.39 is 0 Å². The molecule has 0 aliphatic carbocycles. The molecule has 0 aromatic carbocycles. The number of amidine groups is 1. The smallest absolute Gasteiger partial charge is 0.367 e. The summed E-state index contributed by atoms with van der Waals surface area (Å²) >= 11 is 5.95. The molecule has 0 atom stereocenters. The maximum atomic E-state index is 13.3. The molecule has 0 bridgehead atoms. The van der Waals surface area contributed by atoms with E-state index >= 15 is 0 Å². The van der Waals surface area contributed by atoms with Crippen molar-refractivity contribution in [2.75, 3.05) is 25.9 Å². The van der Waals surface area contributed by atoms with Crippen LogP contribution in [0.4, 0.5) is 5.13 Å². The second-order valence-electron chi connectivity index (χ2n) is 6.69. The van der Waals surface area contributed by atoms with Gasteiger partial charge < -0.3 is 4.90 Å². The van der Waals surface area contributed by atoms with Gasteiger partial charge in [-0.2, -0.15) is 0 Å². The number of amides is 1. The molecule has 2 aromatic heterocycles. The van der Waals surface area contributed by atoms with Crippen molar-refractivity contribution in [3.8, 4) is 0 Å². The third-order valence-electron chi connectivity index (χ3n) is 4.73. The fourth-order valence-corrected chi connectivity index (χ4v) is 7.70. The van der Waals surface area contributed by atoms with Crippen LogP contribution >= 0.6 is 46.2 Å². The monoisotopic (exact) mass is 480 g/mol. The summed E-state index contributed by atoms with van der Waals surface area (Å²) in [6, 6.07) is 0. The Hall–Kier alpha value is -1.82. The highest BCUT2D eigenvalue weighted by Crippen LogP contribution is 2.33. The van der Waals surface area contributed by atoms with Crippen molar-refractivity contribution in [3.05, 3.63) is 43.8 Å². The highest BCUT2D eigenvalue weighted by molar-refractivity contribution is 8.23. The summed E-state index contributed by atoms with van der Waals surface area (Å²) in [6.45, 7) is 7.52. The van der Waals surface area contributed by atoms with Crippen molar-refractivity contribution in [1.82, 2.24) is 14.4 Å². The van der Waals surface area contributed by atoms with Gasteiger partial charge in [0, 0.05) is 37.8 Å². The lowest BCUT2D eigenvalue weighted by atomic mass is 10.4. The summed E-state index contributed by atoms with van der Waals surface area (Å²) in [7, 11) is 3.93. The number of nitrogens with zero attached hydrogens (tertiary/aromatic N) is 5. The maximum absolute atomic E-state index is 13.3. The Bertz CT molecular complexity index is 1220. The molecule has 1 amide bonds. The second-order valence-corrected chi connectivity index (χ2v) is 10.6. The molecule has 2 aliphatic heterocycles. The lowest BCUT2D eigenvalue weighted by Gasteiger charge is -2.08. The Kier molecular flexibility index (Phi) is 6.24. The third kappa shape index (κ3) is 3.68. The SMILES string of the molecule is C=CCN1C(=O)C(=c2sc(=C3SCCN3C)c(=O)n2CC)SC1=Nc1scc[n+]1C. The van der Waals surface area contributed by atoms with Crippen LogP contribution in [0.1, 0.15) is 6.92 Å². The van der Waals surface area contributed by atoms with Crippen LogP contribution in [0.15, 0.2) is 34.0 Å². The predicted molar refractivity (Wildman–Crippen MR) is 127 cm³/mol. The predicted octanol–water partition coefficient (Wildman–Crippen LogP) is 1.12. The van der Waals surface area contributed by atoms with Crippen molar-refractivity contribution < 1.29 is 9.36 Å². The molecule has 0 N–H and O–H groups in total. The fraction of sp³-hybridized carbons (Fsp3) is 0.368. The minimum atomic E-state index is -0.134. The van der Waals surface area contributed by atoms with Gasteiger partial charge in [-0.1, -0.05) is 17.4 Å². The van der Waals surface area contributed by atoms with Crippen LogP contribution in [0.3, 0.4) is 0 Å². The average molecular weight is 481 g/mol. The third-order valence-corrected chi connectivity index (χ3v) is 9.26. The molecule has 7 nitrogen and oxygen atoms in total. The van der Waals surface area contributed by atoms with Crippen LogP contribution in [0.5, 0.6) is 0 Å². The molecule has 0 spiro atoms. The van der Waals surface area contributed by atoms with Crippen molar-refractivity contribution in [2.24, 2.45) is 12.0 Å². The summed E-state index contributed by atoms with van der Waals surface area (Å²) in [5, 5.41) is 4.37. The minimum absolute atomic E-state index is 0.0278. The average Bonchev–Trinajstić information content (AvgIpc) is 3.47. The number of carbonyl (C=O) groups is 1. The van der Waals surface area contributed by atoms with Gasteiger partial charge in [0.15, 0.2) is 0 Å². The first-order valence-corrected chi connectivity index (χ1v) is 12.9. The molecule has 2 aromatic rings. The number of thiazole rings is 2. The molecule has 2 aliphatic rings. The van der Waals surface area contributed by atoms with Crippen LogP contribution < -0.4 is 19.3 Å². The number of hydrogen-bond donors (Lipinski definition) is 0. The van der Waals surface area contributed by atoms with Gasteiger partial charge in [-0.05, 0) is 23.7 Å². The minimum Gasteiger partial charge on any atom is -0.367 e. The number of rotatable bonds is 4. The number of carbonyl (C=O) groups excluding carboxylic acids is 1. The molecule has 4 rings (SSSR count). The van der Waals surface area contributed by atoms with E-state index in [1.165, 1.54) is 34.4 Å². The van der Waals surface area contributed by atoms with Gasteiger partial charge in [0.05, 0.1) is 12.1 Å². The maximum Gasteiger partial charge on any atom is 0.384 e. The van der Waals surface area contributed by atoms with Crippen molar-refractivity contribution >= 4 is 72.3 Å². The molecular weight excluding hydrogens is 459 g/mol. The first-order valence-electron chi connectivity index (χ1n) is 9.40. The Morgan fingerprint density at radius 3 is 2.77 bits per heavy atom. The lowest BCUT2D eigenvalue weighted by molar-refractivity contribution is -0.653. The van der Waals surface area contributed by atoms with E-state index in [-0.39, 0.29) is 11.5 Å². The van der Waals surface area contributed by atoms with Gasteiger partial charge in [-0.3, -0.25) is 19.1 Å². The Balaban J connectivity index is 1.93. The Morgan fingerprint density at radius 2 is 2.17 bits per heavy atom. The van der Waals surface area contributed by atoms with E-state index in [2.05, 4.69) is 11.5 Å². The fourth-order valence-electron chi connectivity index (χ4n) is 3.16. The highest BCUT2D eigenvalue weighted by atomic mass is 32.2. The lowest BCUT2D eigenvalue weighted by Crippen LogP contribution is -2.34. The van der Waals surface area contributed by atoms with Gasteiger partial charge in [-0.25, -0.2) is 4.57 Å². The number of aryl methyl sites for hydroxylation is 1. The number of hydrogen-bond acceptors (Lipinski definition) is 8. The molecule has 30 heavy (non-hydrogen) atoms. The zero-order valence-corrected chi connectivity index (χ0v) is 20.2. The van der Waals surface area contributed by atoms with E-state index in [1.54, 1.807) is 27.3 Å². The summed E-state index contributed by atoms with van der Waals surface area (Å²) in [4.78, 5) is 35.4. The number of aromatic nitrogens is 2. The molecule has 0 saturated carbocycles. The van der Waals surface area contributed by atoms with E-state index in [9.17, 15) is 9.59 Å². The van der Waals surface area contributed by atoms with Gasteiger partial charge >= 0.3 is 5.13 Å². The first kappa shape index (κ1) is 21.4. The zero-order valence-electron chi connectivity index (χ0n) is 17.0. The van der Waals surface area contributed by atoms with Crippen LogP contribution in [0.2, 0.25) is 0 Å². The summed E-state index contributed by atoms with van der Waals surface area (Å²) in [6.07, 6.45) is 3.62. The van der Waals surface area contributed by atoms with E-state index in [0.717, 1.165) is 22.5 Å². The van der Waals surface area contributed by atoms with Crippen molar-refractivity contribution in [1.29, 1.82) is 0 Å². The van der Waals surface area contributed by atoms with Gasteiger partial charge in [0.2, 0.25) is 0 Å². The summed E-state index contributed by atoms with van der Waals surface area (Å²) in [5.74, 6) is 0.835. The zero-order chi connectivity index (χ0) is 21.4. The van der Waals surface area contributed by atoms with E-state index in [4.69, 9.17) is 4.99 Å². The van der Waals surface area contributed by atoms with Crippen LogP contribution in [-0.2, 0) is 18.4 Å². The van der Waals surface area contributed by atoms with E-state index in [1.807, 2.05) is 37.2 Å². The molecule has 0 unspecified atom stereocenters. The topological polar surface area (TPSA) is 61.8 Å². The van der Waals surface area contributed by atoms with Crippen molar-refractivity contribution in [2.45, 2.75) is 13.5 Å². The first-order chi connectivity index (χ1) is 14.5. The highest BCUT2D eigenvalue weighted by Gasteiger charge is 2.38. The molecule has 0 radical (unpaired) electrons. The van der Waals surface area contributed by atoms with E-state index in [0.29, 0.717) is 32.4 Å². The van der Waals surface area contributed by atoms with Crippen LogP contribution in [0, 0.1) is 0 Å². The second kappa shape index (κ2) is 8.74. The Labute approximate surface area is 190 Å². The van der Waals surface area contributed by atoms with Crippen LogP contribution in [-0.4, -0.2) is 51.3 Å². The van der Waals surface area contributed by atoms with Gasteiger partial charge in [0.25, 0.3) is 16.6 Å². The largest absolute Gasteiger partial charge is 0.384 e. The number of thioether (sulfide) groups is 2. The molecule has 4 heterocycles. The van der Waals surface area contributed by atoms with Gasteiger partial charge in [0.1, 0.15) is 20.3 Å². The number of aliphatic imine (C=N–C) groups is 1. The van der Waals surface area contributed by atoms with Gasteiger partial charge in [-0.15, -0.1) is 29.7 Å². The molecule has 158 valence electrons. The molecular formula is C19H22N5O2S4+. The molecule has 2 saturated heterocycles. The molecule has 2 fully saturated rings. The summed E-state index contributed by atoms with van der Waals surface area (Å²) < 4.78 is 5.04. The van der Waals surface area contributed by atoms with Crippen molar-refractivity contribution in [3.63, 3.8) is 0 Å². The quantitative estimate of drug-likeness (QED) is 0.485. The summed E-state index contributed by atoms with van der Waals surface area (Å²) in [5.41, 5.74) is -0.0278.